The zero-order chi connectivity index (χ0) is 11.1. The Labute approximate surface area is 88.1 Å². The minimum absolute atomic E-state index is 0.120. The van der Waals surface area contributed by atoms with Crippen LogP contribution in [-0.4, -0.2) is 10.8 Å². The number of carbonyl (C=O) groups excluding carboxylic acids is 1. The lowest BCUT2D eigenvalue weighted by Gasteiger charge is -1.98. The van der Waals surface area contributed by atoms with E-state index in [2.05, 4.69) is 4.98 Å². The largest absolute Gasteiger partial charge is 0.443 e. The lowest BCUT2D eigenvalue weighted by atomic mass is 10.2. The van der Waals surface area contributed by atoms with E-state index < -0.39 is 11.2 Å². The Bertz CT molecular complexity index is 381. The predicted octanol–water partition coefficient (Wildman–Crippen LogP) is 3.14. The van der Waals surface area contributed by atoms with Gasteiger partial charge in [0.25, 0.3) is 0 Å². The summed E-state index contributed by atoms with van der Waals surface area (Å²) in [4.78, 5) is 14.8. The van der Waals surface area contributed by atoms with Crippen molar-refractivity contribution in [2.45, 2.75) is 25.4 Å². The lowest BCUT2D eigenvalue weighted by Crippen LogP contribution is -2.03. The molecule has 1 heterocycles. The monoisotopic (exact) mass is 235 g/mol. The van der Waals surface area contributed by atoms with E-state index in [1.165, 1.54) is 0 Å². The summed E-state index contributed by atoms with van der Waals surface area (Å²) < 4.78 is 36.5. The number of nitrogens with zero attached hydrogens (tertiary/aromatic N) is 1. The van der Waals surface area contributed by atoms with Crippen molar-refractivity contribution in [1.29, 1.82) is 0 Å². The standard InChI is InChI=1S/C9H8F3NOS/c10-9(11,12)8-13-4-7(15-8)6(14)3-5-1-2-5/h4-5H,1-3H2. The molecule has 2 nitrogen and oxygen atoms in total. The second-order valence-electron chi connectivity index (χ2n) is 3.60. The fourth-order valence-corrected chi connectivity index (χ4v) is 1.95. The topological polar surface area (TPSA) is 30.0 Å². The van der Waals surface area contributed by atoms with Gasteiger partial charge in [0.05, 0.1) is 4.88 Å². The zero-order valence-corrected chi connectivity index (χ0v) is 8.49. The van der Waals surface area contributed by atoms with Crippen LogP contribution in [0.1, 0.15) is 33.9 Å². The van der Waals surface area contributed by atoms with Gasteiger partial charge in [-0.05, 0) is 18.8 Å². The van der Waals surface area contributed by atoms with Gasteiger partial charge < -0.3 is 0 Å². The molecule has 1 saturated carbocycles. The maximum atomic E-state index is 12.2. The van der Waals surface area contributed by atoms with Crippen LogP contribution in [0.5, 0.6) is 0 Å². The fraction of sp³-hybridized carbons (Fsp3) is 0.556. The molecule has 15 heavy (non-hydrogen) atoms. The van der Waals surface area contributed by atoms with Crippen LogP contribution in [0.25, 0.3) is 0 Å². The number of hydrogen-bond donors (Lipinski definition) is 0. The first-order valence-electron chi connectivity index (χ1n) is 4.53. The van der Waals surface area contributed by atoms with Crippen molar-refractivity contribution in [3.63, 3.8) is 0 Å². The number of ketones is 1. The summed E-state index contributed by atoms with van der Waals surface area (Å²) in [6.07, 6.45) is -1.03. The molecular formula is C9H8F3NOS. The van der Waals surface area contributed by atoms with Crippen LogP contribution in [0.2, 0.25) is 0 Å². The Morgan fingerprint density at radius 3 is 2.67 bits per heavy atom. The van der Waals surface area contributed by atoms with Crippen LogP contribution in [0.15, 0.2) is 6.20 Å². The number of carbonyl (C=O) groups is 1. The average Bonchev–Trinajstić information content (AvgIpc) is 2.80. The average molecular weight is 235 g/mol. The third kappa shape index (κ3) is 2.56. The molecular weight excluding hydrogens is 227 g/mol. The first-order valence-corrected chi connectivity index (χ1v) is 5.34. The number of rotatable bonds is 3. The lowest BCUT2D eigenvalue weighted by molar-refractivity contribution is -0.137. The minimum Gasteiger partial charge on any atom is -0.293 e. The Balaban J connectivity index is 2.08. The Kier molecular flexibility index (Phi) is 2.54. The Morgan fingerprint density at radius 2 is 2.20 bits per heavy atom. The third-order valence-electron chi connectivity index (χ3n) is 2.19. The Hall–Kier alpha value is -0.910. The van der Waals surface area contributed by atoms with Gasteiger partial charge >= 0.3 is 6.18 Å². The molecule has 0 spiro atoms. The van der Waals surface area contributed by atoms with E-state index in [4.69, 9.17) is 0 Å². The fourth-order valence-electron chi connectivity index (χ4n) is 1.22. The van der Waals surface area contributed by atoms with Gasteiger partial charge in [-0.15, -0.1) is 11.3 Å². The van der Waals surface area contributed by atoms with Crippen LogP contribution in [0, 0.1) is 5.92 Å². The van der Waals surface area contributed by atoms with Gasteiger partial charge in [0, 0.05) is 12.6 Å². The molecule has 1 aromatic rings. The van der Waals surface area contributed by atoms with Crippen molar-refractivity contribution >= 4 is 17.1 Å². The summed E-state index contributed by atoms with van der Waals surface area (Å²) in [5.74, 6) is 0.166. The van der Waals surface area contributed by atoms with E-state index in [0.717, 1.165) is 19.0 Å². The van der Waals surface area contributed by atoms with Crippen molar-refractivity contribution in [2.24, 2.45) is 5.92 Å². The van der Waals surface area contributed by atoms with Gasteiger partial charge in [-0.3, -0.25) is 4.79 Å². The maximum absolute atomic E-state index is 12.2. The van der Waals surface area contributed by atoms with E-state index in [9.17, 15) is 18.0 Å². The van der Waals surface area contributed by atoms with Gasteiger partial charge in [-0.1, -0.05) is 0 Å². The maximum Gasteiger partial charge on any atom is 0.443 e. The molecule has 82 valence electrons. The molecule has 1 aliphatic carbocycles. The van der Waals surface area contributed by atoms with Crippen molar-refractivity contribution in [1.82, 2.24) is 4.98 Å². The Morgan fingerprint density at radius 1 is 1.53 bits per heavy atom. The molecule has 0 unspecified atom stereocenters. The first-order chi connectivity index (χ1) is 6.97. The van der Waals surface area contributed by atoms with Crippen LogP contribution in [0.3, 0.4) is 0 Å². The third-order valence-corrected chi connectivity index (χ3v) is 3.28. The van der Waals surface area contributed by atoms with E-state index in [-0.39, 0.29) is 10.7 Å². The minimum atomic E-state index is -4.44. The van der Waals surface area contributed by atoms with Gasteiger partial charge in [-0.2, -0.15) is 13.2 Å². The van der Waals surface area contributed by atoms with Crippen molar-refractivity contribution in [2.75, 3.05) is 0 Å². The van der Waals surface area contributed by atoms with Crippen LogP contribution in [-0.2, 0) is 6.18 Å². The summed E-state index contributed by atoms with van der Waals surface area (Å²) in [6, 6.07) is 0. The predicted molar refractivity (Wildman–Crippen MR) is 48.8 cm³/mol. The molecule has 6 heteroatoms. The molecule has 1 aromatic heterocycles. The van der Waals surface area contributed by atoms with Gasteiger partial charge in [0.15, 0.2) is 10.8 Å². The van der Waals surface area contributed by atoms with Crippen molar-refractivity contribution < 1.29 is 18.0 Å². The molecule has 1 fully saturated rings. The highest BCUT2D eigenvalue weighted by Gasteiger charge is 2.35. The second-order valence-corrected chi connectivity index (χ2v) is 4.63. The highest BCUT2D eigenvalue weighted by Crippen LogP contribution is 2.36. The van der Waals surface area contributed by atoms with E-state index in [1.54, 1.807) is 0 Å². The molecule has 0 atom stereocenters. The smallest absolute Gasteiger partial charge is 0.293 e. The van der Waals surface area contributed by atoms with Gasteiger partial charge in [-0.25, -0.2) is 4.98 Å². The molecule has 0 saturated heterocycles. The van der Waals surface area contributed by atoms with Crippen LogP contribution < -0.4 is 0 Å². The van der Waals surface area contributed by atoms with Crippen molar-refractivity contribution in [3.05, 3.63) is 16.1 Å². The highest BCUT2D eigenvalue weighted by molar-refractivity contribution is 7.13. The van der Waals surface area contributed by atoms with E-state index in [0.29, 0.717) is 23.7 Å². The summed E-state index contributed by atoms with van der Waals surface area (Å²) in [7, 11) is 0. The normalized spacial score (nSPS) is 16.7. The van der Waals surface area contributed by atoms with Gasteiger partial charge in [0.2, 0.25) is 0 Å². The molecule has 0 aliphatic heterocycles. The molecule has 0 N–H and O–H groups in total. The summed E-state index contributed by atoms with van der Waals surface area (Å²) >= 11 is 0.432. The highest BCUT2D eigenvalue weighted by atomic mass is 32.1. The molecule has 0 radical (unpaired) electrons. The SMILES string of the molecule is O=C(CC1CC1)c1cnc(C(F)(F)F)s1. The molecule has 2 rings (SSSR count). The second kappa shape index (κ2) is 3.59. The summed E-state index contributed by atoms with van der Waals surface area (Å²) in [5.41, 5.74) is 0. The quantitative estimate of drug-likeness (QED) is 0.753. The van der Waals surface area contributed by atoms with E-state index >= 15 is 0 Å². The van der Waals surface area contributed by atoms with Crippen LogP contribution >= 0.6 is 11.3 Å². The zero-order valence-electron chi connectivity index (χ0n) is 7.67. The number of Topliss-reactive ketones (excluding diaryl/α,β-unsaturated/α-hetero) is 1. The van der Waals surface area contributed by atoms with Crippen molar-refractivity contribution in [3.8, 4) is 0 Å². The number of alkyl halides is 3. The summed E-state index contributed by atoms with van der Waals surface area (Å²) in [6.45, 7) is 0. The van der Waals surface area contributed by atoms with E-state index in [1.807, 2.05) is 0 Å². The van der Waals surface area contributed by atoms with Gasteiger partial charge in [0.1, 0.15) is 0 Å². The summed E-state index contributed by atoms with van der Waals surface area (Å²) in [5, 5.41) is -0.943. The molecule has 0 amide bonds. The first kappa shape index (κ1) is 10.6. The number of hydrogen-bond acceptors (Lipinski definition) is 3. The molecule has 0 bridgehead atoms. The molecule has 1 aliphatic rings. The van der Waals surface area contributed by atoms with Crippen LogP contribution in [0.4, 0.5) is 13.2 Å². The number of halogens is 3. The molecule has 0 aromatic carbocycles. The number of thiazole rings is 1. The number of aromatic nitrogens is 1.